The van der Waals surface area contributed by atoms with Crippen molar-refractivity contribution in [2.45, 2.75) is 32.1 Å². The number of hydrogen-bond acceptors (Lipinski definition) is 5. The van der Waals surface area contributed by atoms with Crippen molar-refractivity contribution in [2.75, 3.05) is 13.2 Å². The first kappa shape index (κ1) is 18.2. The van der Waals surface area contributed by atoms with Crippen LogP contribution >= 0.6 is 0 Å². The zero-order valence-corrected chi connectivity index (χ0v) is 14.8. The summed E-state index contributed by atoms with van der Waals surface area (Å²) in [6, 6.07) is 10.4. The van der Waals surface area contributed by atoms with Gasteiger partial charge in [0.2, 0.25) is 0 Å². The molecule has 1 aromatic carbocycles. The first-order valence-electron chi connectivity index (χ1n) is 8.39. The summed E-state index contributed by atoms with van der Waals surface area (Å²) in [5, 5.41) is 12.8. The van der Waals surface area contributed by atoms with E-state index in [0.29, 0.717) is 11.3 Å². The van der Waals surface area contributed by atoms with Gasteiger partial charge in [-0.2, -0.15) is 0 Å². The number of amides is 3. The zero-order valence-electron chi connectivity index (χ0n) is 14.8. The Labute approximate surface area is 151 Å². The molecule has 2 atom stereocenters. The summed E-state index contributed by atoms with van der Waals surface area (Å²) in [7, 11) is 0. The number of carbonyl (C=O) groups excluding carboxylic acids is 2. The molecule has 2 N–H and O–H groups in total. The Morgan fingerprint density at radius 3 is 2.65 bits per heavy atom. The summed E-state index contributed by atoms with van der Waals surface area (Å²) >= 11 is 0. The van der Waals surface area contributed by atoms with Crippen LogP contribution in [0.3, 0.4) is 0 Å². The second-order valence-corrected chi connectivity index (χ2v) is 6.59. The number of aliphatic hydroxyl groups excluding tert-OH is 1. The standard InChI is InChI=1S/C19H22N2O5/c1-13-5-7-14(8-6-13)19(2)17(23)21(18(24)20-19)10-15(22)11-25-12-16-4-3-9-26-16/h3-9,15,22H,10-12H2,1-2H3,(H,20,24)/t15-,19-/m0/s1. The van der Waals surface area contributed by atoms with Crippen molar-refractivity contribution in [2.24, 2.45) is 0 Å². The third-order valence-electron chi connectivity index (χ3n) is 4.43. The molecule has 1 aliphatic heterocycles. The van der Waals surface area contributed by atoms with Crippen molar-refractivity contribution in [1.29, 1.82) is 0 Å². The molecule has 7 nitrogen and oxygen atoms in total. The number of rotatable bonds is 7. The Kier molecular flexibility index (Phi) is 5.11. The van der Waals surface area contributed by atoms with Crippen LogP contribution in [0.5, 0.6) is 0 Å². The summed E-state index contributed by atoms with van der Waals surface area (Å²) in [4.78, 5) is 26.1. The normalized spacial score (nSPS) is 21.1. The summed E-state index contributed by atoms with van der Waals surface area (Å²) < 4.78 is 10.5. The van der Waals surface area contributed by atoms with Gasteiger partial charge in [0.1, 0.15) is 17.9 Å². The lowest BCUT2D eigenvalue weighted by Gasteiger charge is -2.23. The Morgan fingerprint density at radius 2 is 2.00 bits per heavy atom. The number of nitrogens with one attached hydrogen (secondary N) is 1. The second-order valence-electron chi connectivity index (χ2n) is 6.59. The van der Waals surface area contributed by atoms with Gasteiger partial charge in [0, 0.05) is 0 Å². The molecule has 3 amide bonds. The lowest BCUT2D eigenvalue weighted by Crippen LogP contribution is -2.42. The largest absolute Gasteiger partial charge is 0.467 e. The van der Waals surface area contributed by atoms with Gasteiger partial charge in [0.05, 0.1) is 25.5 Å². The number of β-amino-alcohol motifs (C(OH)–C–C–N with tert-alkyl or cyclic N) is 1. The molecule has 1 aromatic heterocycles. The third-order valence-corrected chi connectivity index (χ3v) is 4.43. The molecule has 2 heterocycles. The molecule has 138 valence electrons. The van der Waals surface area contributed by atoms with Crippen LogP contribution in [0.1, 0.15) is 23.8 Å². The third kappa shape index (κ3) is 3.63. The fourth-order valence-electron chi connectivity index (χ4n) is 2.90. The number of urea groups is 1. The molecule has 3 rings (SSSR count). The van der Waals surface area contributed by atoms with Crippen LogP contribution in [-0.4, -0.2) is 41.2 Å². The number of imide groups is 1. The predicted molar refractivity (Wildman–Crippen MR) is 93.1 cm³/mol. The van der Waals surface area contributed by atoms with Crippen LogP contribution in [0.2, 0.25) is 0 Å². The highest BCUT2D eigenvalue weighted by Crippen LogP contribution is 2.29. The Morgan fingerprint density at radius 1 is 1.27 bits per heavy atom. The zero-order chi connectivity index (χ0) is 18.7. The number of carbonyl (C=O) groups is 2. The Bertz CT molecular complexity index is 772. The number of aliphatic hydroxyl groups is 1. The van der Waals surface area contributed by atoms with Gasteiger partial charge >= 0.3 is 6.03 Å². The second kappa shape index (κ2) is 7.31. The molecule has 0 aliphatic carbocycles. The molecule has 1 aliphatic rings. The van der Waals surface area contributed by atoms with Gasteiger partial charge in [-0.05, 0) is 31.5 Å². The maximum atomic E-state index is 12.8. The van der Waals surface area contributed by atoms with Crippen LogP contribution in [0.4, 0.5) is 4.79 Å². The molecular formula is C19H22N2O5. The van der Waals surface area contributed by atoms with Gasteiger partial charge < -0.3 is 19.6 Å². The molecule has 26 heavy (non-hydrogen) atoms. The number of nitrogens with zero attached hydrogens (tertiary/aromatic N) is 1. The van der Waals surface area contributed by atoms with Gasteiger partial charge in [-0.3, -0.25) is 9.69 Å². The minimum absolute atomic E-state index is 0.0149. The van der Waals surface area contributed by atoms with E-state index in [4.69, 9.17) is 9.15 Å². The van der Waals surface area contributed by atoms with E-state index >= 15 is 0 Å². The molecule has 1 fully saturated rings. The summed E-state index contributed by atoms with van der Waals surface area (Å²) in [6.07, 6.45) is 0.550. The summed E-state index contributed by atoms with van der Waals surface area (Å²) in [5.74, 6) is 0.246. The monoisotopic (exact) mass is 358 g/mol. The average molecular weight is 358 g/mol. The lowest BCUT2D eigenvalue weighted by molar-refractivity contribution is -0.132. The maximum absolute atomic E-state index is 12.8. The predicted octanol–water partition coefficient (Wildman–Crippen LogP) is 1.93. The molecule has 0 spiro atoms. The number of benzene rings is 1. The SMILES string of the molecule is Cc1ccc([C@]2(C)NC(=O)N(C[C@H](O)COCc3ccco3)C2=O)cc1. The number of ether oxygens (including phenoxy) is 1. The van der Waals surface area contributed by atoms with Gasteiger partial charge in [0.15, 0.2) is 0 Å². The van der Waals surface area contributed by atoms with Crippen molar-refractivity contribution < 1.29 is 23.8 Å². The van der Waals surface area contributed by atoms with Crippen LogP contribution in [0.15, 0.2) is 47.1 Å². The van der Waals surface area contributed by atoms with Crippen LogP contribution < -0.4 is 5.32 Å². The van der Waals surface area contributed by atoms with Crippen LogP contribution in [0, 0.1) is 6.92 Å². The molecule has 2 aromatic rings. The van der Waals surface area contributed by atoms with E-state index in [9.17, 15) is 14.7 Å². The number of hydrogen-bond donors (Lipinski definition) is 2. The van der Waals surface area contributed by atoms with Crippen molar-refractivity contribution >= 4 is 11.9 Å². The van der Waals surface area contributed by atoms with E-state index in [1.165, 1.54) is 6.26 Å². The first-order valence-corrected chi connectivity index (χ1v) is 8.39. The Hall–Kier alpha value is -2.64. The van der Waals surface area contributed by atoms with E-state index < -0.39 is 23.6 Å². The van der Waals surface area contributed by atoms with Crippen LogP contribution in [0.25, 0.3) is 0 Å². The van der Waals surface area contributed by atoms with Gasteiger partial charge in [-0.25, -0.2) is 4.79 Å². The molecular weight excluding hydrogens is 336 g/mol. The smallest absolute Gasteiger partial charge is 0.325 e. The molecule has 0 unspecified atom stereocenters. The van der Waals surface area contributed by atoms with Gasteiger partial charge in [-0.15, -0.1) is 0 Å². The number of aryl methyl sites for hydroxylation is 1. The fourth-order valence-corrected chi connectivity index (χ4v) is 2.90. The van der Waals surface area contributed by atoms with E-state index in [-0.39, 0.29) is 19.8 Å². The maximum Gasteiger partial charge on any atom is 0.325 e. The first-order chi connectivity index (χ1) is 12.4. The van der Waals surface area contributed by atoms with E-state index in [1.54, 1.807) is 19.1 Å². The minimum atomic E-state index is -1.14. The molecule has 1 saturated heterocycles. The molecule has 7 heteroatoms. The highest BCUT2D eigenvalue weighted by molar-refractivity contribution is 6.07. The molecule has 0 radical (unpaired) electrons. The van der Waals surface area contributed by atoms with Gasteiger partial charge in [0.25, 0.3) is 5.91 Å². The lowest BCUT2D eigenvalue weighted by atomic mass is 9.91. The van der Waals surface area contributed by atoms with E-state index in [2.05, 4.69) is 5.32 Å². The van der Waals surface area contributed by atoms with Gasteiger partial charge in [-0.1, -0.05) is 29.8 Å². The topological polar surface area (TPSA) is 92.0 Å². The Balaban J connectivity index is 1.60. The average Bonchev–Trinajstić information content (AvgIpc) is 3.19. The quantitative estimate of drug-likeness (QED) is 0.738. The van der Waals surface area contributed by atoms with Crippen molar-refractivity contribution in [3.63, 3.8) is 0 Å². The fraction of sp³-hybridized carbons (Fsp3) is 0.368. The number of furan rings is 1. The summed E-state index contributed by atoms with van der Waals surface area (Å²) in [6.45, 7) is 3.68. The highest BCUT2D eigenvalue weighted by atomic mass is 16.5. The van der Waals surface area contributed by atoms with E-state index in [1.807, 2.05) is 31.2 Å². The summed E-state index contributed by atoms with van der Waals surface area (Å²) in [5.41, 5.74) is 0.627. The van der Waals surface area contributed by atoms with Crippen molar-refractivity contribution in [3.8, 4) is 0 Å². The van der Waals surface area contributed by atoms with Crippen molar-refractivity contribution in [1.82, 2.24) is 10.2 Å². The van der Waals surface area contributed by atoms with Crippen molar-refractivity contribution in [3.05, 3.63) is 59.5 Å². The molecule has 0 saturated carbocycles. The highest BCUT2D eigenvalue weighted by Gasteiger charge is 2.49. The molecule has 0 bridgehead atoms. The minimum Gasteiger partial charge on any atom is -0.467 e. The van der Waals surface area contributed by atoms with E-state index in [0.717, 1.165) is 10.5 Å². The van der Waals surface area contributed by atoms with Crippen LogP contribution in [-0.2, 0) is 21.7 Å².